The molecule has 5 nitrogen and oxygen atoms in total. The number of benzene rings is 1. The number of hydrogen-bond donors (Lipinski definition) is 1. The van der Waals surface area contributed by atoms with Crippen LogP contribution in [0, 0.1) is 6.92 Å². The second-order valence-corrected chi connectivity index (χ2v) is 7.40. The maximum Gasteiger partial charge on any atom is 0.218 e. The van der Waals surface area contributed by atoms with Crippen LogP contribution in [0.1, 0.15) is 35.7 Å². The molecule has 0 aliphatic carbocycles. The number of aromatic nitrogens is 2. The summed E-state index contributed by atoms with van der Waals surface area (Å²) >= 11 is 0. The van der Waals surface area contributed by atoms with Crippen LogP contribution in [-0.4, -0.2) is 29.5 Å². The maximum atomic E-state index is 12.7. The van der Waals surface area contributed by atoms with Gasteiger partial charge < -0.3 is 0 Å². The van der Waals surface area contributed by atoms with Crippen molar-refractivity contribution >= 4 is 10.0 Å². The molecule has 1 saturated heterocycles. The van der Waals surface area contributed by atoms with Crippen molar-refractivity contribution in [3.05, 3.63) is 53.3 Å². The molecule has 1 aromatic carbocycles. The summed E-state index contributed by atoms with van der Waals surface area (Å²) in [5.74, 6) is 0.0531. The van der Waals surface area contributed by atoms with Crippen LogP contribution in [0.3, 0.4) is 0 Å². The van der Waals surface area contributed by atoms with Gasteiger partial charge >= 0.3 is 0 Å². The predicted molar refractivity (Wildman–Crippen MR) is 81.1 cm³/mol. The first-order chi connectivity index (χ1) is 10.1. The highest BCUT2D eigenvalue weighted by molar-refractivity contribution is 7.88. The zero-order chi connectivity index (χ0) is 14.9. The van der Waals surface area contributed by atoms with E-state index in [1.807, 2.05) is 37.3 Å². The minimum absolute atomic E-state index is 0.0531. The van der Waals surface area contributed by atoms with Gasteiger partial charge in [-0.3, -0.25) is 5.10 Å². The first kappa shape index (κ1) is 14.3. The monoisotopic (exact) mass is 305 g/mol. The lowest BCUT2D eigenvalue weighted by Crippen LogP contribution is -2.32. The number of nitrogens with zero attached hydrogens (tertiary/aromatic N) is 2. The molecule has 1 atom stereocenters. The molecule has 1 aliphatic heterocycles. The van der Waals surface area contributed by atoms with Crippen LogP contribution in [0.15, 0.2) is 36.5 Å². The fourth-order valence-electron chi connectivity index (χ4n) is 2.92. The van der Waals surface area contributed by atoms with Gasteiger partial charge in [0.2, 0.25) is 10.0 Å². The van der Waals surface area contributed by atoms with E-state index in [2.05, 4.69) is 10.2 Å². The summed E-state index contributed by atoms with van der Waals surface area (Å²) in [6, 6.07) is 9.22. The zero-order valence-electron chi connectivity index (χ0n) is 12.0. The molecule has 0 spiro atoms. The summed E-state index contributed by atoms with van der Waals surface area (Å²) in [5.41, 5.74) is 2.76. The van der Waals surface area contributed by atoms with Crippen LogP contribution in [0.2, 0.25) is 0 Å². The molecular formula is C15H19N3O2S. The van der Waals surface area contributed by atoms with E-state index in [-0.39, 0.29) is 11.8 Å². The van der Waals surface area contributed by atoms with Gasteiger partial charge in [-0.1, -0.05) is 30.3 Å². The Balaban J connectivity index is 1.86. The van der Waals surface area contributed by atoms with E-state index in [0.717, 1.165) is 29.7 Å². The summed E-state index contributed by atoms with van der Waals surface area (Å²) in [5, 5.41) is 6.98. The third-order valence-electron chi connectivity index (χ3n) is 3.95. The number of aromatic amines is 1. The maximum absolute atomic E-state index is 12.7. The molecule has 3 rings (SSSR count). The molecule has 1 fully saturated rings. The Labute approximate surface area is 125 Å². The number of rotatable bonds is 4. The van der Waals surface area contributed by atoms with Crippen LogP contribution >= 0.6 is 0 Å². The van der Waals surface area contributed by atoms with Crippen molar-refractivity contribution in [1.29, 1.82) is 0 Å². The van der Waals surface area contributed by atoms with Crippen molar-refractivity contribution in [1.82, 2.24) is 14.5 Å². The zero-order valence-corrected chi connectivity index (χ0v) is 12.8. The third kappa shape index (κ3) is 2.87. The average molecular weight is 305 g/mol. The lowest BCUT2D eigenvalue weighted by molar-refractivity contribution is 0.388. The van der Waals surface area contributed by atoms with Crippen molar-refractivity contribution in [2.75, 3.05) is 6.54 Å². The quantitative estimate of drug-likeness (QED) is 0.943. The number of hydrogen-bond acceptors (Lipinski definition) is 3. The van der Waals surface area contributed by atoms with Crippen molar-refractivity contribution in [3.8, 4) is 0 Å². The highest BCUT2D eigenvalue weighted by Gasteiger charge is 2.36. The van der Waals surface area contributed by atoms with Crippen molar-refractivity contribution in [3.63, 3.8) is 0 Å². The highest BCUT2D eigenvalue weighted by Crippen LogP contribution is 2.35. The summed E-state index contributed by atoms with van der Waals surface area (Å²) in [6.07, 6.45) is 3.48. The van der Waals surface area contributed by atoms with Crippen molar-refractivity contribution in [2.24, 2.45) is 0 Å². The molecule has 112 valence electrons. The van der Waals surface area contributed by atoms with E-state index in [1.165, 1.54) is 0 Å². The molecule has 1 N–H and O–H groups in total. The smallest absolute Gasteiger partial charge is 0.218 e. The summed E-state index contributed by atoms with van der Waals surface area (Å²) < 4.78 is 27.0. The van der Waals surface area contributed by atoms with E-state index in [4.69, 9.17) is 0 Å². The number of sulfonamides is 1. The Kier molecular flexibility index (Phi) is 3.82. The number of nitrogens with one attached hydrogen (secondary N) is 1. The Morgan fingerprint density at radius 2 is 2.10 bits per heavy atom. The average Bonchev–Trinajstić information content (AvgIpc) is 3.07. The fraction of sp³-hybridized carbons (Fsp3) is 0.400. The minimum Gasteiger partial charge on any atom is -0.281 e. The molecule has 0 amide bonds. The van der Waals surface area contributed by atoms with Crippen LogP contribution in [0.5, 0.6) is 0 Å². The van der Waals surface area contributed by atoms with Gasteiger partial charge in [0.15, 0.2) is 0 Å². The van der Waals surface area contributed by atoms with E-state index in [9.17, 15) is 8.42 Å². The van der Waals surface area contributed by atoms with Gasteiger partial charge in [-0.2, -0.15) is 9.40 Å². The lowest BCUT2D eigenvalue weighted by Gasteiger charge is -2.23. The molecule has 1 aromatic heterocycles. The fourth-order valence-corrected chi connectivity index (χ4v) is 4.71. The van der Waals surface area contributed by atoms with Gasteiger partial charge in [0.25, 0.3) is 0 Å². The van der Waals surface area contributed by atoms with Crippen LogP contribution in [0.4, 0.5) is 0 Å². The summed E-state index contributed by atoms with van der Waals surface area (Å²) in [4.78, 5) is 0. The van der Waals surface area contributed by atoms with Gasteiger partial charge in [-0.05, 0) is 30.9 Å². The number of H-pyrrole nitrogens is 1. The molecule has 2 aromatic rings. The van der Waals surface area contributed by atoms with Crippen molar-refractivity contribution in [2.45, 2.75) is 31.6 Å². The minimum atomic E-state index is -3.32. The van der Waals surface area contributed by atoms with Gasteiger partial charge in [-0.25, -0.2) is 8.42 Å². The summed E-state index contributed by atoms with van der Waals surface area (Å²) in [6.45, 7) is 2.54. The molecule has 0 saturated carbocycles. The van der Waals surface area contributed by atoms with E-state index in [1.54, 1.807) is 10.5 Å². The van der Waals surface area contributed by atoms with E-state index >= 15 is 0 Å². The largest absolute Gasteiger partial charge is 0.281 e. The van der Waals surface area contributed by atoms with Crippen LogP contribution in [0.25, 0.3) is 0 Å². The van der Waals surface area contributed by atoms with Crippen molar-refractivity contribution < 1.29 is 8.42 Å². The molecule has 1 aliphatic rings. The Morgan fingerprint density at radius 1 is 1.33 bits per heavy atom. The van der Waals surface area contributed by atoms with Gasteiger partial charge in [0.1, 0.15) is 0 Å². The molecule has 0 radical (unpaired) electrons. The van der Waals surface area contributed by atoms with E-state index < -0.39 is 10.0 Å². The van der Waals surface area contributed by atoms with Gasteiger partial charge in [-0.15, -0.1) is 0 Å². The predicted octanol–water partition coefficient (Wildman–Crippen LogP) is 2.39. The van der Waals surface area contributed by atoms with Crippen LogP contribution < -0.4 is 0 Å². The standard InChI is InChI=1S/C15H19N3O2S/c1-12-10-16-17-15(12)14-8-5-9-18(14)21(19,20)11-13-6-3-2-4-7-13/h2-4,6-7,10,14H,5,8-9,11H2,1H3,(H,16,17). The SMILES string of the molecule is Cc1cn[nH]c1C1CCCN1S(=O)(=O)Cc1ccccc1. The van der Waals surface area contributed by atoms with E-state index in [0.29, 0.717) is 6.54 Å². The Bertz CT molecular complexity index is 710. The highest BCUT2D eigenvalue weighted by atomic mass is 32.2. The molecule has 21 heavy (non-hydrogen) atoms. The molecular weight excluding hydrogens is 286 g/mol. The normalized spacial score (nSPS) is 20.0. The summed E-state index contributed by atoms with van der Waals surface area (Å²) in [7, 11) is -3.32. The molecule has 2 heterocycles. The Morgan fingerprint density at radius 3 is 2.76 bits per heavy atom. The second kappa shape index (κ2) is 5.61. The lowest BCUT2D eigenvalue weighted by atomic mass is 10.1. The first-order valence-corrected chi connectivity index (χ1v) is 8.72. The van der Waals surface area contributed by atoms with Gasteiger partial charge in [0, 0.05) is 6.54 Å². The second-order valence-electron chi connectivity index (χ2n) is 5.48. The van der Waals surface area contributed by atoms with Crippen LogP contribution in [-0.2, 0) is 15.8 Å². The third-order valence-corrected chi connectivity index (χ3v) is 5.80. The topological polar surface area (TPSA) is 66.1 Å². The molecule has 6 heteroatoms. The Hall–Kier alpha value is -1.66. The molecule has 0 bridgehead atoms. The van der Waals surface area contributed by atoms with Gasteiger partial charge in [0.05, 0.1) is 23.7 Å². The number of aryl methyl sites for hydroxylation is 1. The molecule has 1 unspecified atom stereocenters. The first-order valence-electron chi connectivity index (χ1n) is 7.11.